The number of halogens is 4. The van der Waals surface area contributed by atoms with Gasteiger partial charge in [-0.25, -0.2) is 0 Å². The molecule has 1 heterocycles. The minimum atomic E-state index is -4.58. The van der Waals surface area contributed by atoms with Crippen molar-refractivity contribution in [2.24, 2.45) is 0 Å². The predicted octanol–water partition coefficient (Wildman–Crippen LogP) is 3.32. The van der Waals surface area contributed by atoms with Crippen molar-refractivity contribution in [2.45, 2.75) is 6.18 Å². The molecule has 0 unspecified atom stereocenters. The molecule has 0 spiro atoms. The fourth-order valence-electron chi connectivity index (χ4n) is 1.65. The quantitative estimate of drug-likeness (QED) is 0.875. The molecule has 1 N–H and O–H groups in total. The van der Waals surface area contributed by atoms with E-state index in [1.54, 1.807) is 0 Å². The summed E-state index contributed by atoms with van der Waals surface area (Å²) in [6.07, 6.45) is -4.58. The molecule has 96 valence electrons. The fraction of sp³-hybridized carbons (Fsp3) is 0.182. The van der Waals surface area contributed by atoms with Gasteiger partial charge in [0.15, 0.2) is 0 Å². The lowest BCUT2D eigenvalue weighted by atomic mass is 10.1. The fourth-order valence-corrected chi connectivity index (χ4v) is 2.15. The molecule has 0 saturated heterocycles. The number of H-pyrrole nitrogens is 1. The highest BCUT2D eigenvalue weighted by molar-refractivity contribution is 9.10. The second kappa shape index (κ2) is 4.31. The number of methoxy groups -OCH3 is 1. The van der Waals surface area contributed by atoms with E-state index in [0.29, 0.717) is 16.3 Å². The van der Waals surface area contributed by atoms with Gasteiger partial charge in [0.05, 0.1) is 22.7 Å². The van der Waals surface area contributed by atoms with Gasteiger partial charge in [-0.1, -0.05) is 0 Å². The summed E-state index contributed by atoms with van der Waals surface area (Å²) in [5.74, 6) is 0.345. The van der Waals surface area contributed by atoms with Crippen LogP contribution >= 0.6 is 15.9 Å². The Labute approximate surface area is 108 Å². The molecule has 0 aliphatic rings. The highest BCUT2D eigenvalue weighted by Crippen LogP contribution is 2.36. The van der Waals surface area contributed by atoms with Crippen LogP contribution in [0.25, 0.3) is 10.9 Å². The van der Waals surface area contributed by atoms with E-state index < -0.39 is 17.3 Å². The molecule has 7 heteroatoms. The molecule has 0 saturated carbocycles. The molecule has 1 aromatic heterocycles. The van der Waals surface area contributed by atoms with Crippen LogP contribution in [-0.4, -0.2) is 12.1 Å². The van der Waals surface area contributed by atoms with E-state index in [-0.39, 0.29) is 10.9 Å². The van der Waals surface area contributed by atoms with Crippen LogP contribution in [0.3, 0.4) is 0 Å². The molecule has 1 aromatic carbocycles. The van der Waals surface area contributed by atoms with Crippen LogP contribution in [0.1, 0.15) is 5.56 Å². The summed E-state index contributed by atoms with van der Waals surface area (Å²) in [5, 5.41) is -0.0882. The van der Waals surface area contributed by atoms with Gasteiger partial charge in [0, 0.05) is 17.5 Å². The van der Waals surface area contributed by atoms with Crippen molar-refractivity contribution in [3.05, 3.63) is 38.6 Å². The number of benzene rings is 1. The molecule has 0 radical (unpaired) electrons. The minimum absolute atomic E-state index is 0.0786. The Balaban J connectivity index is 2.88. The minimum Gasteiger partial charge on any atom is -0.495 e. The first-order chi connectivity index (χ1) is 8.32. The highest BCUT2D eigenvalue weighted by atomic mass is 79.9. The summed E-state index contributed by atoms with van der Waals surface area (Å²) in [6.45, 7) is 0. The van der Waals surface area contributed by atoms with Gasteiger partial charge >= 0.3 is 6.18 Å². The van der Waals surface area contributed by atoms with Gasteiger partial charge in [0.25, 0.3) is 0 Å². The smallest absolute Gasteiger partial charge is 0.417 e. The highest BCUT2D eigenvalue weighted by Gasteiger charge is 2.33. The molecule has 0 bridgehead atoms. The van der Waals surface area contributed by atoms with E-state index in [0.717, 1.165) is 0 Å². The standard InChI is InChI=1S/C11H7BrF3NO2/c1-18-9-4-8-5(2-7(9)12)6(11(13,14)15)3-10(17)16-8/h2-4H,1H3,(H,16,17). The average molecular weight is 322 g/mol. The molecule has 0 aliphatic heterocycles. The molecule has 2 rings (SSSR count). The number of aromatic nitrogens is 1. The molecule has 0 atom stereocenters. The molecule has 18 heavy (non-hydrogen) atoms. The molecule has 2 aromatic rings. The van der Waals surface area contributed by atoms with E-state index in [9.17, 15) is 18.0 Å². The van der Waals surface area contributed by atoms with Gasteiger partial charge in [-0.05, 0) is 22.0 Å². The lowest BCUT2D eigenvalue weighted by molar-refractivity contribution is -0.136. The number of nitrogens with one attached hydrogen (secondary N) is 1. The van der Waals surface area contributed by atoms with Gasteiger partial charge in [0.1, 0.15) is 5.75 Å². The maximum Gasteiger partial charge on any atom is 0.417 e. The van der Waals surface area contributed by atoms with Crippen LogP contribution < -0.4 is 10.3 Å². The largest absolute Gasteiger partial charge is 0.495 e. The predicted molar refractivity (Wildman–Crippen MR) is 63.8 cm³/mol. The summed E-state index contributed by atoms with van der Waals surface area (Å²) in [7, 11) is 1.39. The van der Waals surface area contributed by atoms with Gasteiger partial charge in [0.2, 0.25) is 5.56 Å². The SMILES string of the molecule is COc1cc2[nH]c(=O)cc(C(F)(F)F)c2cc1Br. The van der Waals surface area contributed by atoms with Crippen molar-refractivity contribution in [1.29, 1.82) is 0 Å². The first kappa shape index (κ1) is 12.9. The Morgan fingerprint density at radius 1 is 1.28 bits per heavy atom. The Bertz CT molecular complexity index is 664. The van der Waals surface area contributed by atoms with Crippen molar-refractivity contribution in [3.63, 3.8) is 0 Å². The van der Waals surface area contributed by atoms with E-state index in [1.165, 1.54) is 19.2 Å². The number of aromatic amines is 1. The van der Waals surface area contributed by atoms with Gasteiger partial charge < -0.3 is 9.72 Å². The Hall–Kier alpha value is -1.50. The molecule has 0 fully saturated rings. The van der Waals surface area contributed by atoms with Crippen molar-refractivity contribution in [1.82, 2.24) is 4.98 Å². The molecular weight excluding hydrogens is 315 g/mol. The maximum absolute atomic E-state index is 12.8. The van der Waals surface area contributed by atoms with E-state index >= 15 is 0 Å². The molecule has 0 aliphatic carbocycles. The average Bonchev–Trinajstić information content (AvgIpc) is 2.26. The molecule has 3 nitrogen and oxygen atoms in total. The molecule has 0 amide bonds. The number of rotatable bonds is 1. The lowest BCUT2D eigenvalue weighted by Gasteiger charge is -2.11. The number of alkyl halides is 3. The summed E-state index contributed by atoms with van der Waals surface area (Å²) in [6, 6.07) is 3.16. The van der Waals surface area contributed by atoms with Crippen molar-refractivity contribution >= 4 is 26.8 Å². The lowest BCUT2D eigenvalue weighted by Crippen LogP contribution is -2.14. The van der Waals surface area contributed by atoms with Gasteiger partial charge in [-0.3, -0.25) is 4.79 Å². The molecular formula is C11H7BrF3NO2. The van der Waals surface area contributed by atoms with Crippen LogP contribution in [0, 0.1) is 0 Å². The number of ether oxygens (including phenoxy) is 1. The Morgan fingerprint density at radius 3 is 2.50 bits per heavy atom. The van der Waals surface area contributed by atoms with Gasteiger partial charge in [-0.2, -0.15) is 13.2 Å². The number of hydrogen-bond acceptors (Lipinski definition) is 2. The van der Waals surface area contributed by atoms with Gasteiger partial charge in [-0.15, -0.1) is 0 Å². The Morgan fingerprint density at radius 2 is 1.94 bits per heavy atom. The summed E-state index contributed by atoms with van der Waals surface area (Å²) >= 11 is 3.11. The number of pyridine rings is 1. The van der Waals surface area contributed by atoms with Crippen molar-refractivity contribution in [3.8, 4) is 5.75 Å². The summed E-state index contributed by atoms with van der Waals surface area (Å²) < 4.78 is 43.8. The zero-order valence-electron chi connectivity index (χ0n) is 9.06. The monoisotopic (exact) mass is 321 g/mol. The summed E-state index contributed by atoms with van der Waals surface area (Å²) in [4.78, 5) is 13.6. The van der Waals surface area contributed by atoms with Crippen LogP contribution in [0.15, 0.2) is 27.5 Å². The number of hydrogen-bond donors (Lipinski definition) is 1. The number of fused-ring (bicyclic) bond motifs is 1. The van der Waals surface area contributed by atoms with Crippen LogP contribution in [0.2, 0.25) is 0 Å². The second-order valence-corrected chi connectivity index (χ2v) is 4.43. The summed E-state index contributed by atoms with van der Waals surface area (Å²) in [5.41, 5.74) is -1.70. The van der Waals surface area contributed by atoms with Crippen LogP contribution in [-0.2, 0) is 6.18 Å². The second-order valence-electron chi connectivity index (χ2n) is 3.58. The van der Waals surface area contributed by atoms with E-state index in [4.69, 9.17) is 4.74 Å². The third-order valence-corrected chi connectivity index (χ3v) is 3.04. The first-order valence-corrected chi connectivity index (χ1v) is 5.60. The topological polar surface area (TPSA) is 42.1 Å². The van der Waals surface area contributed by atoms with Crippen molar-refractivity contribution < 1.29 is 17.9 Å². The van der Waals surface area contributed by atoms with E-state index in [1.807, 2.05) is 0 Å². The Kier molecular flexibility index (Phi) is 3.10. The van der Waals surface area contributed by atoms with E-state index in [2.05, 4.69) is 20.9 Å². The third kappa shape index (κ3) is 2.22. The van der Waals surface area contributed by atoms with Crippen LogP contribution in [0.5, 0.6) is 5.75 Å². The maximum atomic E-state index is 12.8. The normalized spacial score (nSPS) is 11.8. The zero-order valence-corrected chi connectivity index (χ0v) is 10.6. The van der Waals surface area contributed by atoms with Crippen LogP contribution in [0.4, 0.5) is 13.2 Å². The zero-order chi connectivity index (χ0) is 13.5. The first-order valence-electron chi connectivity index (χ1n) is 4.80. The van der Waals surface area contributed by atoms with Crippen molar-refractivity contribution in [2.75, 3.05) is 7.11 Å². The third-order valence-electron chi connectivity index (χ3n) is 2.42.